The third kappa shape index (κ3) is 3.72. The second kappa shape index (κ2) is 8.27. The van der Waals surface area contributed by atoms with Gasteiger partial charge in [0.2, 0.25) is 11.8 Å². The van der Waals surface area contributed by atoms with Crippen molar-refractivity contribution in [2.45, 2.75) is 45.1 Å². The van der Waals surface area contributed by atoms with Crippen LogP contribution in [0.2, 0.25) is 0 Å². The van der Waals surface area contributed by atoms with Crippen LogP contribution in [0.4, 0.5) is 14.5 Å². The summed E-state index contributed by atoms with van der Waals surface area (Å²) in [6, 6.07) is 8.89. The quantitative estimate of drug-likeness (QED) is 0.521. The molecule has 2 amide bonds. The average molecular weight is 467 g/mol. The first-order valence-corrected chi connectivity index (χ1v) is 11.1. The largest absolute Gasteiger partial charge is 0.415 e. The Morgan fingerprint density at radius 1 is 1.09 bits per heavy atom. The Morgan fingerprint density at radius 2 is 1.85 bits per heavy atom. The van der Waals surface area contributed by atoms with Crippen molar-refractivity contribution < 1.29 is 22.8 Å². The van der Waals surface area contributed by atoms with E-state index in [2.05, 4.69) is 20.1 Å². The maximum atomic E-state index is 13.4. The standard InChI is InChI=1S/C24H23F2N5O3/c1-24(2)18-11-16(30-9-3-4-10-30)7-8-17(18)22(32)31(23(24)33)13-15-6-5-14(12-27-15)20-28-29-21(34-20)19(25)26/h5-8,11-12,19H,3-4,9-10,13H2,1-2H3. The lowest BCUT2D eigenvalue weighted by Crippen LogP contribution is -2.51. The molecule has 34 heavy (non-hydrogen) atoms. The lowest BCUT2D eigenvalue weighted by atomic mass is 9.77. The van der Waals surface area contributed by atoms with Gasteiger partial charge in [0.1, 0.15) is 0 Å². The Hall–Kier alpha value is -3.69. The molecule has 0 atom stereocenters. The third-order valence-corrected chi connectivity index (χ3v) is 6.42. The Bertz CT molecular complexity index is 1250. The summed E-state index contributed by atoms with van der Waals surface area (Å²) in [5.41, 5.74) is 2.22. The van der Waals surface area contributed by atoms with Gasteiger partial charge >= 0.3 is 6.43 Å². The molecule has 2 aliphatic heterocycles. The van der Waals surface area contributed by atoms with Gasteiger partial charge in [-0.2, -0.15) is 8.78 Å². The zero-order chi connectivity index (χ0) is 24.0. The van der Waals surface area contributed by atoms with Gasteiger partial charge in [-0.25, -0.2) is 0 Å². The van der Waals surface area contributed by atoms with Crippen molar-refractivity contribution in [2.75, 3.05) is 18.0 Å². The second-order valence-electron chi connectivity index (χ2n) is 9.03. The van der Waals surface area contributed by atoms with Gasteiger partial charge in [0.25, 0.3) is 11.8 Å². The molecule has 4 heterocycles. The van der Waals surface area contributed by atoms with E-state index >= 15 is 0 Å². The first-order valence-electron chi connectivity index (χ1n) is 11.1. The van der Waals surface area contributed by atoms with Crippen LogP contribution in [0.1, 0.15) is 60.6 Å². The van der Waals surface area contributed by atoms with E-state index < -0.39 is 17.7 Å². The van der Waals surface area contributed by atoms with Crippen molar-refractivity contribution in [1.82, 2.24) is 20.1 Å². The number of nitrogens with zero attached hydrogens (tertiary/aromatic N) is 5. The number of amides is 2. The fourth-order valence-corrected chi connectivity index (χ4v) is 4.49. The van der Waals surface area contributed by atoms with Gasteiger partial charge in [-0.3, -0.25) is 19.5 Å². The first kappa shape index (κ1) is 22.1. The molecule has 1 fully saturated rings. The van der Waals surface area contributed by atoms with Crippen LogP contribution in [-0.2, 0) is 16.8 Å². The average Bonchev–Trinajstić information content (AvgIpc) is 3.54. The maximum Gasteiger partial charge on any atom is 0.314 e. The van der Waals surface area contributed by atoms with Crippen molar-refractivity contribution in [1.29, 1.82) is 0 Å². The molecule has 0 saturated carbocycles. The van der Waals surface area contributed by atoms with Crippen LogP contribution in [0.3, 0.4) is 0 Å². The van der Waals surface area contributed by atoms with Crippen LogP contribution < -0.4 is 4.90 Å². The lowest BCUT2D eigenvalue weighted by molar-refractivity contribution is -0.134. The predicted octanol–water partition coefficient (Wildman–Crippen LogP) is 4.13. The number of carbonyl (C=O) groups excluding carboxylic acids is 2. The van der Waals surface area contributed by atoms with E-state index in [-0.39, 0.29) is 24.2 Å². The highest BCUT2D eigenvalue weighted by Gasteiger charge is 2.44. The van der Waals surface area contributed by atoms with Crippen molar-refractivity contribution in [3.05, 3.63) is 59.2 Å². The van der Waals surface area contributed by atoms with E-state index in [1.807, 2.05) is 26.0 Å². The number of pyridine rings is 1. The number of fused-ring (bicyclic) bond motifs is 1. The molecule has 0 radical (unpaired) electrons. The molecule has 0 unspecified atom stereocenters. The second-order valence-corrected chi connectivity index (χ2v) is 9.03. The molecule has 0 aliphatic carbocycles. The molecule has 5 rings (SSSR count). The number of alkyl halides is 2. The van der Waals surface area contributed by atoms with Crippen LogP contribution in [0.15, 0.2) is 40.9 Å². The molecule has 0 spiro atoms. The fraction of sp³-hybridized carbons (Fsp3) is 0.375. The molecule has 2 aromatic heterocycles. The number of imide groups is 1. The number of hydrogen-bond donors (Lipinski definition) is 0. The maximum absolute atomic E-state index is 13.4. The Kier molecular flexibility index (Phi) is 5.38. The van der Waals surface area contributed by atoms with E-state index in [1.165, 1.54) is 11.1 Å². The fourth-order valence-electron chi connectivity index (χ4n) is 4.49. The summed E-state index contributed by atoms with van der Waals surface area (Å²) in [4.78, 5) is 34.4. The number of hydrogen-bond acceptors (Lipinski definition) is 7. The molecule has 0 N–H and O–H groups in total. The Balaban J connectivity index is 1.39. The minimum Gasteiger partial charge on any atom is -0.415 e. The van der Waals surface area contributed by atoms with E-state index in [1.54, 1.807) is 18.2 Å². The summed E-state index contributed by atoms with van der Waals surface area (Å²) in [6.45, 7) is 5.59. The van der Waals surface area contributed by atoms with Gasteiger partial charge in [-0.1, -0.05) is 0 Å². The zero-order valence-electron chi connectivity index (χ0n) is 18.8. The lowest BCUT2D eigenvalue weighted by Gasteiger charge is -2.38. The van der Waals surface area contributed by atoms with Crippen LogP contribution in [0.25, 0.3) is 11.5 Å². The highest BCUT2D eigenvalue weighted by molar-refractivity contribution is 6.13. The van der Waals surface area contributed by atoms with Crippen molar-refractivity contribution in [3.63, 3.8) is 0 Å². The minimum atomic E-state index is -2.86. The molecule has 8 nitrogen and oxygen atoms in total. The van der Waals surface area contributed by atoms with Gasteiger partial charge in [0.15, 0.2) is 0 Å². The summed E-state index contributed by atoms with van der Waals surface area (Å²) in [5, 5.41) is 6.90. The molecule has 2 aliphatic rings. The van der Waals surface area contributed by atoms with Crippen molar-refractivity contribution in [2.24, 2.45) is 0 Å². The van der Waals surface area contributed by atoms with Gasteiger partial charge in [-0.05, 0) is 62.6 Å². The molecular weight excluding hydrogens is 444 g/mol. The van der Waals surface area contributed by atoms with Gasteiger partial charge in [0.05, 0.1) is 23.2 Å². The number of aromatic nitrogens is 3. The summed E-state index contributed by atoms with van der Waals surface area (Å²) in [5.74, 6) is -1.51. The molecule has 176 valence electrons. The smallest absolute Gasteiger partial charge is 0.314 e. The molecule has 3 aromatic rings. The van der Waals surface area contributed by atoms with E-state index in [0.29, 0.717) is 16.8 Å². The zero-order valence-corrected chi connectivity index (χ0v) is 18.8. The number of anilines is 1. The highest BCUT2D eigenvalue weighted by Crippen LogP contribution is 2.38. The van der Waals surface area contributed by atoms with E-state index in [0.717, 1.165) is 37.2 Å². The van der Waals surface area contributed by atoms with Crippen molar-refractivity contribution >= 4 is 17.5 Å². The van der Waals surface area contributed by atoms with Gasteiger partial charge < -0.3 is 9.32 Å². The van der Waals surface area contributed by atoms with Gasteiger partial charge in [0, 0.05) is 30.5 Å². The number of halogens is 2. The van der Waals surface area contributed by atoms with Crippen LogP contribution in [0, 0.1) is 0 Å². The number of carbonyl (C=O) groups is 2. The summed E-state index contributed by atoms with van der Waals surface area (Å²) >= 11 is 0. The Morgan fingerprint density at radius 3 is 2.50 bits per heavy atom. The first-order chi connectivity index (χ1) is 16.3. The number of benzene rings is 1. The van der Waals surface area contributed by atoms with E-state index in [9.17, 15) is 18.4 Å². The molecule has 0 bridgehead atoms. The Labute approximate surface area is 194 Å². The van der Waals surface area contributed by atoms with Crippen molar-refractivity contribution in [3.8, 4) is 11.5 Å². The van der Waals surface area contributed by atoms with E-state index in [4.69, 9.17) is 4.42 Å². The molecule has 10 heteroatoms. The summed E-state index contributed by atoms with van der Waals surface area (Å²) in [6.07, 6.45) is 0.802. The predicted molar refractivity (Wildman–Crippen MR) is 118 cm³/mol. The number of rotatable bonds is 5. The van der Waals surface area contributed by atoms with Gasteiger partial charge in [-0.15, -0.1) is 10.2 Å². The molecule has 1 saturated heterocycles. The topological polar surface area (TPSA) is 92.4 Å². The monoisotopic (exact) mass is 467 g/mol. The third-order valence-electron chi connectivity index (χ3n) is 6.42. The highest BCUT2D eigenvalue weighted by atomic mass is 19.3. The van der Waals surface area contributed by atoms with Crippen LogP contribution >= 0.6 is 0 Å². The molecular formula is C24H23F2N5O3. The van der Waals surface area contributed by atoms with Crippen LogP contribution in [-0.4, -0.2) is 45.0 Å². The SMILES string of the molecule is CC1(C)C(=O)N(Cc2ccc(-c3nnc(C(F)F)o3)cn2)C(=O)c2ccc(N3CCCC3)cc21. The summed E-state index contributed by atoms with van der Waals surface area (Å²) in [7, 11) is 0. The summed E-state index contributed by atoms with van der Waals surface area (Å²) < 4.78 is 30.3. The molecule has 1 aromatic carbocycles. The normalized spacial score (nSPS) is 17.6. The van der Waals surface area contributed by atoms with Crippen LogP contribution in [0.5, 0.6) is 0 Å². The minimum absolute atomic E-state index is 0.0131.